The maximum absolute atomic E-state index is 2.53. The second kappa shape index (κ2) is 10.0. The molecular formula is C24H36BN. The first kappa shape index (κ1) is 19.3. The molecule has 0 heterocycles. The Morgan fingerprint density at radius 1 is 0.769 bits per heavy atom. The summed E-state index contributed by atoms with van der Waals surface area (Å²) in [6.45, 7) is 0.400. The molecule has 2 saturated carbocycles. The van der Waals surface area contributed by atoms with Crippen LogP contribution in [0.3, 0.4) is 0 Å². The van der Waals surface area contributed by atoms with E-state index in [0.717, 1.165) is 11.8 Å². The van der Waals surface area contributed by atoms with E-state index in [1.54, 1.807) is 0 Å². The third kappa shape index (κ3) is 5.53. The molecule has 0 saturated heterocycles. The van der Waals surface area contributed by atoms with E-state index < -0.39 is 0 Å². The van der Waals surface area contributed by atoms with Crippen molar-refractivity contribution in [1.82, 2.24) is 0 Å². The van der Waals surface area contributed by atoms with Gasteiger partial charge in [-0.2, -0.15) is 0 Å². The topological polar surface area (TPSA) is 3.24 Å². The van der Waals surface area contributed by atoms with E-state index in [-0.39, 0.29) is 0 Å². The van der Waals surface area contributed by atoms with Gasteiger partial charge < -0.3 is 4.90 Å². The molecule has 1 aromatic rings. The molecule has 0 unspecified atom stereocenters. The summed E-state index contributed by atoms with van der Waals surface area (Å²) < 4.78 is 0. The van der Waals surface area contributed by atoms with Crippen LogP contribution >= 0.6 is 0 Å². The number of anilines is 1. The van der Waals surface area contributed by atoms with Gasteiger partial charge in [-0.1, -0.05) is 68.9 Å². The fourth-order valence-electron chi connectivity index (χ4n) is 4.66. The Morgan fingerprint density at radius 2 is 1.27 bits per heavy atom. The number of nitrogens with zero attached hydrogens (tertiary/aromatic N) is 1. The van der Waals surface area contributed by atoms with Crippen LogP contribution in [0.5, 0.6) is 0 Å². The van der Waals surface area contributed by atoms with Crippen LogP contribution in [0.15, 0.2) is 48.4 Å². The molecule has 2 aliphatic carbocycles. The maximum atomic E-state index is 2.53. The van der Waals surface area contributed by atoms with Crippen LogP contribution in [0.4, 0.5) is 5.69 Å². The molecule has 0 N–H and O–H groups in total. The van der Waals surface area contributed by atoms with E-state index in [1.807, 2.05) is 0 Å². The van der Waals surface area contributed by atoms with Gasteiger partial charge in [-0.15, -0.1) is 12.0 Å². The molecule has 0 atom stereocenters. The number of benzene rings is 1. The lowest BCUT2D eigenvalue weighted by molar-refractivity contribution is 0.419. The van der Waals surface area contributed by atoms with E-state index >= 15 is 0 Å². The number of hydrogen-bond donors (Lipinski definition) is 0. The zero-order chi connectivity index (χ0) is 18.2. The van der Waals surface area contributed by atoms with Crippen molar-refractivity contribution < 1.29 is 0 Å². The van der Waals surface area contributed by atoms with Gasteiger partial charge in [-0.25, -0.2) is 0 Å². The third-order valence-electron chi connectivity index (χ3n) is 6.26. The molecule has 2 heteroatoms. The summed E-state index contributed by atoms with van der Waals surface area (Å²) in [4.78, 5) is 2.26. The lowest BCUT2D eigenvalue weighted by atomic mass is 9.44. The summed E-state index contributed by atoms with van der Waals surface area (Å²) in [5.74, 6) is 6.58. The van der Waals surface area contributed by atoms with Gasteiger partial charge in [0.25, 0.3) is 0 Å². The molecule has 140 valence electrons. The summed E-state index contributed by atoms with van der Waals surface area (Å²) in [5.41, 5.74) is 2.79. The Balaban J connectivity index is 1.80. The van der Waals surface area contributed by atoms with Gasteiger partial charge in [0.15, 0.2) is 0 Å². The Bertz CT molecular complexity index is 564. The average Bonchev–Trinajstić information content (AvgIpc) is 2.69. The number of hydrogen-bond acceptors (Lipinski definition) is 1. The molecule has 1 aromatic carbocycles. The fraction of sp³-hybridized carbons (Fsp3) is 0.583. The first-order chi connectivity index (χ1) is 12.7. The fourth-order valence-corrected chi connectivity index (χ4v) is 4.66. The van der Waals surface area contributed by atoms with Gasteiger partial charge in [0.2, 0.25) is 6.71 Å². The monoisotopic (exact) mass is 349 g/mol. The Kier molecular flexibility index (Phi) is 7.47. The quantitative estimate of drug-likeness (QED) is 0.586. The first-order valence-electron chi connectivity index (χ1n) is 10.9. The predicted octanol–water partition coefficient (Wildman–Crippen LogP) is 5.81. The minimum absolute atomic E-state index is 0.400. The standard InChI is InChI=1S/C24H36BN/c1-26(2)24-16-10-9-15-23(24)25(19-17-21-11-5-3-6-12-21)20-18-22-13-7-4-8-14-22/h9-10,15-22H,3-8,11-14H2,1-2H3/b19-17+,20-18+. The van der Waals surface area contributed by atoms with Gasteiger partial charge >= 0.3 is 0 Å². The highest BCUT2D eigenvalue weighted by molar-refractivity contribution is 6.83. The Morgan fingerprint density at radius 3 is 1.77 bits per heavy atom. The molecule has 3 rings (SSSR count). The first-order valence-corrected chi connectivity index (χ1v) is 10.9. The molecule has 26 heavy (non-hydrogen) atoms. The molecule has 1 nitrogen and oxygen atoms in total. The normalized spacial score (nSPS) is 20.1. The average molecular weight is 349 g/mol. The van der Waals surface area contributed by atoms with E-state index in [2.05, 4.69) is 67.4 Å². The lowest BCUT2D eigenvalue weighted by Gasteiger charge is -2.22. The second-order valence-corrected chi connectivity index (χ2v) is 8.55. The van der Waals surface area contributed by atoms with Crippen LogP contribution < -0.4 is 10.4 Å². The van der Waals surface area contributed by atoms with Crippen molar-refractivity contribution in [2.75, 3.05) is 19.0 Å². The van der Waals surface area contributed by atoms with Crippen molar-refractivity contribution in [1.29, 1.82) is 0 Å². The largest absolute Gasteiger partial charge is 0.378 e. The van der Waals surface area contributed by atoms with Crippen molar-refractivity contribution >= 4 is 17.9 Å². The van der Waals surface area contributed by atoms with Crippen LogP contribution in [0.25, 0.3) is 0 Å². The molecule has 0 amide bonds. The molecule has 2 fully saturated rings. The van der Waals surface area contributed by atoms with Gasteiger partial charge in [0.05, 0.1) is 0 Å². The minimum Gasteiger partial charge on any atom is -0.378 e. The number of rotatable bonds is 6. The molecular weight excluding hydrogens is 313 g/mol. The molecule has 2 aliphatic rings. The lowest BCUT2D eigenvalue weighted by Crippen LogP contribution is -2.32. The van der Waals surface area contributed by atoms with Crippen LogP contribution in [0, 0.1) is 11.8 Å². The molecule has 0 spiro atoms. The van der Waals surface area contributed by atoms with E-state index in [0.29, 0.717) is 6.71 Å². The van der Waals surface area contributed by atoms with Gasteiger partial charge in [0, 0.05) is 19.8 Å². The summed E-state index contributed by atoms with van der Waals surface area (Å²) >= 11 is 0. The van der Waals surface area contributed by atoms with Crippen molar-refractivity contribution in [2.45, 2.75) is 64.2 Å². The van der Waals surface area contributed by atoms with Crippen LogP contribution in [-0.4, -0.2) is 20.8 Å². The Hall–Kier alpha value is -1.44. The van der Waals surface area contributed by atoms with Crippen LogP contribution in [-0.2, 0) is 0 Å². The molecule has 0 bridgehead atoms. The van der Waals surface area contributed by atoms with E-state index in [4.69, 9.17) is 0 Å². The number of para-hydroxylation sites is 1. The molecule has 0 radical (unpaired) electrons. The highest BCUT2D eigenvalue weighted by atomic mass is 15.1. The SMILES string of the molecule is CN(C)c1ccccc1B(/C=C/C1CCCCC1)/C=C/C1CCCCC1. The van der Waals surface area contributed by atoms with Crippen LogP contribution in [0.1, 0.15) is 64.2 Å². The highest BCUT2D eigenvalue weighted by Crippen LogP contribution is 2.26. The Labute approximate surface area is 161 Å². The van der Waals surface area contributed by atoms with Crippen molar-refractivity contribution in [3.8, 4) is 0 Å². The van der Waals surface area contributed by atoms with Crippen molar-refractivity contribution in [2.24, 2.45) is 11.8 Å². The second-order valence-electron chi connectivity index (χ2n) is 8.55. The van der Waals surface area contributed by atoms with Crippen molar-refractivity contribution in [3.63, 3.8) is 0 Å². The van der Waals surface area contributed by atoms with E-state index in [9.17, 15) is 0 Å². The van der Waals surface area contributed by atoms with Gasteiger partial charge in [0.1, 0.15) is 0 Å². The smallest absolute Gasteiger partial charge is 0.228 e. The van der Waals surface area contributed by atoms with Crippen LogP contribution in [0.2, 0.25) is 0 Å². The summed E-state index contributed by atoms with van der Waals surface area (Å²) in [7, 11) is 4.32. The summed E-state index contributed by atoms with van der Waals surface area (Å²) in [5, 5.41) is 0. The van der Waals surface area contributed by atoms with Crippen molar-refractivity contribution in [3.05, 3.63) is 48.4 Å². The molecule has 0 aromatic heterocycles. The zero-order valence-corrected chi connectivity index (χ0v) is 16.9. The zero-order valence-electron chi connectivity index (χ0n) is 16.9. The van der Waals surface area contributed by atoms with E-state index in [1.165, 1.54) is 75.4 Å². The minimum atomic E-state index is 0.400. The predicted molar refractivity (Wildman–Crippen MR) is 118 cm³/mol. The maximum Gasteiger partial charge on any atom is 0.228 e. The summed E-state index contributed by atoms with van der Waals surface area (Å²) in [6, 6.07) is 8.92. The third-order valence-corrected chi connectivity index (χ3v) is 6.26. The molecule has 0 aliphatic heterocycles. The summed E-state index contributed by atoms with van der Waals surface area (Å²) in [6.07, 6.45) is 19.1. The highest BCUT2D eigenvalue weighted by Gasteiger charge is 2.18. The van der Waals surface area contributed by atoms with Gasteiger partial charge in [-0.3, -0.25) is 0 Å². The number of allylic oxidation sites excluding steroid dienone is 2. The van der Waals surface area contributed by atoms with Gasteiger partial charge in [-0.05, 0) is 49.0 Å².